The molecule has 0 fully saturated rings. The molecule has 0 aliphatic heterocycles. The van der Waals surface area contributed by atoms with Crippen molar-refractivity contribution in [1.29, 1.82) is 0 Å². The van der Waals surface area contributed by atoms with Crippen LogP contribution in [0.15, 0.2) is 60.0 Å². The molecular weight excluding hydrogens is 308 g/mol. The Bertz CT molecular complexity index is 760. The second kappa shape index (κ2) is 6.90. The lowest BCUT2D eigenvalue weighted by atomic mass is 10.00. The van der Waals surface area contributed by atoms with E-state index in [0.29, 0.717) is 5.11 Å². The molecule has 3 rings (SSSR count). The van der Waals surface area contributed by atoms with Crippen molar-refractivity contribution >= 4 is 39.4 Å². The molecule has 0 saturated carbocycles. The third kappa shape index (κ3) is 3.46. The van der Waals surface area contributed by atoms with Crippen molar-refractivity contribution in [2.45, 2.75) is 19.5 Å². The molecule has 0 spiro atoms. The van der Waals surface area contributed by atoms with Gasteiger partial charge in [-0.3, -0.25) is 0 Å². The average molecular weight is 326 g/mol. The van der Waals surface area contributed by atoms with Crippen LogP contribution in [0.1, 0.15) is 23.4 Å². The molecule has 0 saturated heterocycles. The Morgan fingerprint density at radius 3 is 2.73 bits per heavy atom. The zero-order valence-corrected chi connectivity index (χ0v) is 14.0. The van der Waals surface area contributed by atoms with Crippen molar-refractivity contribution in [3.05, 3.63) is 70.4 Å². The van der Waals surface area contributed by atoms with Crippen molar-refractivity contribution in [3.63, 3.8) is 0 Å². The molecule has 1 atom stereocenters. The van der Waals surface area contributed by atoms with Crippen molar-refractivity contribution < 1.29 is 0 Å². The first-order valence-corrected chi connectivity index (χ1v) is 8.57. The van der Waals surface area contributed by atoms with E-state index in [0.717, 1.165) is 6.54 Å². The summed E-state index contributed by atoms with van der Waals surface area (Å²) < 4.78 is 0. The molecular formula is C18H18N2S2. The van der Waals surface area contributed by atoms with E-state index in [4.69, 9.17) is 12.2 Å². The molecule has 0 aliphatic carbocycles. The number of benzene rings is 2. The summed E-state index contributed by atoms with van der Waals surface area (Å²) in [6.45, 7) is 2.91. The summed E-state index contributed by atoms with van der Waals surface area (Å²) in [6.07, 6.45) is 0. The fraction of sp³-hybridized carbons (Fsp3) is 0.167. The highest BCUT2D eigenvalue weighted by Crippen LogP contribution is 2.23. The van der Waals surface area contributed by atoms with Gasteiger partial charge in [-0.1, -0.05) is 48.5 Å². The Hall–Kier alpha value is -1.91. The van der Waals surface area contributed by atoms with Crippen LogP contribution in [0.5, 0.6) is 0 Å². The third-order valence-corrected chi connectivity index (χ3v) is 4.78. The highest BCUT2D eigenvalue weighted by Gasteiger charge is 2.10. The third-order valence-electron chi connectivity index (χ3n) is 3.64. The van der Waals surface area contributed by atoms with Gasteiger partial charge in [0.1, 0.15) is 0 Å². The fourth-order valence-electron chi connectivity index (χ4n) is 2.53. The van der Waals surface area contributed by atoms with Gasteiger partial charge in [-0.05, 0) is 46.9 Å². The zero-order valence-electron chi connectivity index (χ0n) is 12.4. The summed E-state index contributed by atoms with van der Waals surface area (Å²) in [7, 11) is 0. The molecule has 0 bridgehead atoms. The highest BCUT2D eigenvalue weighted by molar-refractivity contribution is 7.80. The lowest BCUT2D eigenvalue weighted by Gasteiger charge is -2.19. The molecule has 2 nitrogen and oxygen atoms in total. The van der Waals surface area contributed by atoms with Crippen LogP contribution in [-0.2, 0) is 6.54 Å². The van der Waals surface area contributed by atoms with E-state index >= 15 is 0 Å². The lowest BCUT2D eigenvalue weighted by molar-refractivity contribution is 0.704. The minimum atomic E-state index is 0.162. The summed E-state index contributed by atoms with van der Waals surface area (Å²) in [5.74, 6) is 0. The van der Waals surface area contributed by atoms with Gasteiger partial charge in [-0.15, -0.1) is 11.3 Å². The van der Waals surface area contributed by atoms with Gasteiger partial charge in [0.15, 0.2) is 5.11 Å². The van der Waals surface area contributed by atoms with Crippen LogP contribution in [-0.4, -0.2) is 5.11 Å². The maximum atomic E-state index is 5.41. The van der Waals surface area contributed by atoms with E-state index in [1.807, 2.05) is 0 Å². The topological polar surface area (TPSA) is 24.1 Å². The van der Waals surface area contributed by atoms with Crippen LogP contribution in [0.2, 0.25) is 0 Å². The Morgan fingerprint density at radius 2 is 1.91 bits per heavy atom. The average Bonchev–Trinajstić information content (AvgIpc) is 3.06. The second-order valence-electron chi connectivity index (χ2n) is 5.20. The quantitative estimate of drug-likeness (QED) is 0.684. The first-order valence-electron chi connectivity index (χ1n) is 7.28. The number of fused-ring (bicyclic) bond motifs is 1. The summed E-state index contributed by atoms with van der Waals surface area (Å²) in [6, 6.07) is 19.1. The summed E-state index contributed by atoms with van der Waals surface area (Å²) in [5.41, 5.74) is 1.26. The van der Waals surface area contributed by atoms with Gasteiger partial charge >= 0.3 is 0 Å². The molecule has 1 heterocycles. The number of nitrogens with one attached hydrogen (secondary N) is 2. The molecule has 2 aromatic carbocycles. The summed E-state index contributed by atoms with van der Waals surface area (Å²) in [4.78, 5) is 1.28. The largest absolute Gasteiger partial charge is 0.358 e. The lowest BCUT2D eigenvalue weighted by Crippen LogP contribution is -2.36. The van der Waals surface area contributed by atoms with Crippen LogP contribution >= 0.6 is 23.6 Å². The van der Waals surface area contributed by atoms with E-state index in [1.165, 1.54) is 21.2 Å². The van der Waals surface area contributed by atoms with E-state index in [1.54, 1.807) is 11.3 Å². The molecule has 22 heavy (non-hydrogen) atoms. The van der Waals surface area contributed by atoms with Crippen LogP contribution < -0.4 is 10.6 Å². The van der Waals surface area contributed by atoms with E-state index in [9.17, 15) is 0 Å². The number of thiocarbonyl (C=S) groups is 1. The van der Waals surface area contributed by atoms with Crippen molar-refractivity contribution in [2.75, 3.05) is 0 Å². The molecule has 3 aromatic rings. The zero-order chi connectivity index (χ0) is 15.4. The molecule has 2 N–H and O–H groups in total. The van der Waals surface area contributed by atoms with Crippen LogP contribution in [0.3, 0.4) is 0 Å². The Balaban J connectivity index is 1.68. The molecule has 0 amide bonds. The Morgan fingerprint density at radius 1 is 1.09 bits per heavy atom. The molecule has 1 aromatic heterocycles. The van der Waals surface area contributed by atoms with Crippen LogP contribution in [0.25, 0.3) is 10.8 Å². The second-order valence-corrected chi connectivity index (χ2v) is 6.64. The predicted octanol–water partition coefficient (Wildman–Crippen LogP) is 4.63. The standard InChI is InChI=1S/C18H18N2S2/c1-13(20-18(21)19-12-15-8-5-11-22-15)16-10-4-7-14-6-2-3-9-17(14)16/h2-11,13H,12H2,1H3,(H2,19,20,21)/t13-/m1/s1. The Labute approximate surface area is 140 Å². The minimum Gasteiger partial charge on any atom is -0.358 e. The fourth-order valence-corrected chi connectivity index (χ4v) is 3.43. The molecule has 4 heteroatoms. The predicted molar refractivity (Wildman–Crippen MR) is 99.3 cm³/mol. The summed E-state index contributed by atoms with van der Waals surface area (Å²) in [5, 5.41) is 11.9. The van der Waals surface area contributed by atoms with Gasteiger partial charge in [0.2, 0.25) is 0 Å². The number of hydrogen-bond acceptors (Lipinski definition) is 2. The maximum absolute atomic E-state index is 5.41. The Kier molecular flexibility index (Phi) is 4.71. The monoisotopic (exact) mass is 326 g/mol. The van der Waals surface area contributed by atoms with Crippen LogP contribution in [0, 0.1) is 0 Å². The van der Waals surface area contributed by atoms with Crippen molar-refractivity contribution in [3.8, 4) is 0 Å². The summed E-state index contributed by atoms with van der Waals surface area (Å²) >= 11 is 7.14. The van der Waals surface area contributed by atoms with Gasteiger partial charge in [-0.25, -0.2) is 0 Å². The number of rotatable bonds is 4. The minimum absolute atomic E-state index is 0.162. The van der Waals surface area contributed by atoms with E-state index < -0.39 is 0 Å². The van der Waals surface area contributed by atoms with Crippen molar-refractivity contribution in [2.24, 2.45) is 0 Å². The van der Waals surface area contributed by atoms with Gasteiger partial charge in [0, 0.05) is 4.88 Å². The smallest absolute Gasteiger partial charge is 0.167 e. The first-order chi connectivity index (χ1) is 10.7. The first kappa shape index (κ1) is 15.0. The highest BCUT2D eigenvalue weighted by atomic mass is 32.1. The van der Waals surface area contributed by atoms with Gasteiger partial charge in [-0.2, -0.15) is 0 Å². The normalized spacial score (nSPS) is 12.0. The SMILES string of the molecule is C[C@@H](NC(=S)NCc1cccs1)c1cccc2ccccc12. The molecule has 112 valence electrons. The van der Waals surface area contributed by atoms with Crippen LogP contribution in [0.4, 0.5) is 0 Å². The van der Waals surface area contributed by atoms with Gasteiger partial charge in [0.25, 0.3) is 0 Å². The molecule has 0 radical (unpaired) electrons. The molecule has 0 unspecified atom stereocenters. The van der Waals surface area contributed by atoms with Crippen molar-refractivity contribution in [1.82, 2.24) is 10.6 Å². The number of hydrogen-bond donors (Lipinski definition) is 2. The molecule has 0 aliphatic rings. The van der Waals surface area contributed by atoms with E-state index in [2.05, 4.69) is 77.5 Å². The number of thiophene rings is 1. The van der Waals surface area contributed by atoms with E-state index in [-0.39, 0.29) is 6.04 Å². The van der Waals surface area contributed by atoms with Gasteiger partial charge < -0.3 is 10.6 Å². The maximum Gasteiger partial charge on any atom is 0.167 e. The van der Waals surface area contributed by atoms with Gasteiger partial charge in [0.05, 0.1) is 12.6 Å².